The van der Waals surface area contributed by atoms with Crippen molar-refractivity contribution >= 4 is 9.84 Å². The molecule has 0 spiro atoms. The third-order valence-corrected chi connectivity index (χ3v) is 2.89. The van der Waals surface area contributed by atoms with Gasteiger partial charge in [-0.25, -0.2) is 8.42 Å². The Labute approximate surface area is 90.0 Å². The molecule has 0 saturated heterocycles. The van der Waals surface area contributed by atoms with Crippen molar-refractivity contribution in [2.24, 2.45) is 5.73 Å². The van der Waals surface area contributed by atoms with Gasteiger partial charge in [-0.3, -0.25) is 0 Å². The van der Waals surface area contributed by atoms with E-state index in [4.69, 9.17) is 10.5 Å². The molecule has 1 unspecified atom stereocenters. The molecule has 1 rings (SSSR count). The molecule has 0 radical (unpaired) electrons. The summed E-state index contributed by atoms with van der Waals surface area (Å²) in [6.07, 6.45) is 1.17. The lowest BCUT2D eigenvalue weighted by molar-refractivity contribution is 0.296. The second-order valence-corrected chi connectivity index (χ2v) is 5.55. The number of nitrogens with two attached hydrogens (primary N) is 1. The van der Waals surface area contributed by atoms with E-state index in [9.17, 15) is 8.42 Å². The van der Waals surface area contributed by atoms with Gasteiger partial charge in [-0.15, -0.1) is 0 Å². The molecule has 0 heterocycles. The van der Waals surface area contributed by atoms with Gasteiger partial charge in [0.15, 0.2) is 9.84 Å². The molecule has 15 heavy (non-hydrogen) atoms. The molecule has 0 bridgehead atoms. The smallest absolute Gasteiger partial charge is 0.175 e. The number of hydrogen-bond donors (Lipinski definition) is 1. The van der Waals surface area contributed by atoms with Crippen LogP contribution in [0.2, 0.25) is 0 Å². The van der Waals surface area contributed by atoms with E-state index in [0.29, 0.717) is 12.4 Å². The molecular formula is C10H15NO3S. The van der Waals surface area contributed by atoms with Gasteiger partial charge in [0.1, 0.15) is 12.4 Å². The SMILES string of the molecule is CC(N)COc1ccc(S(C)(=O)=O)cc1. The summed E-state index contributed by atoms with van der Waals surface area (Å²) < 4.78 is 27.6. The van der Waals surface area contributed by atoms with Crippen molar-refractivity contribution in [2.45, 2.75) is 17.9 Å². The highest BCUT2D eigenvalue weighted by molar-refractivity contribution is 7.90. The van der Waals surface area contributed by atoms with Crippen molar-refractivity contribution in [1.29, 1.82) is 0 Å². The molecule has 0 aliphatic carbocycles. The largest absolute Gasteiger partial charge is 0.492 e. The molecule has 0 fully saturated rings. The predicted octanol–water partition coefficient (Wildman–Crippen LogP) is 0.816. The molecule has 5 heteroatoms. The van der Waals surface area contributed by atoms with E-state index in [1.807, 2.05) is 6.92 Å². The number of benzene rings is 1. The third kappa shape index (κ3) is 3.89. The lowest BCUT2D eigenvalue weighted by Crippen LogP contribution is -2.23. The van der Waals surface area contributed by atoms with Gasteiger partial charge >= 0.3 is 0 Å². The summed E-state index contributed by atoms with van der Waals surface area (Å²) in [4.78, 5) is 0.288. The molecule has 1 atom stereocenters. The first-order valence-electron chi connectivity index (χ1n) is 4.58. The average molecular weight is 229 g/mol. The number of ether oxygens (including phenoxy) is 1. The normalized spacial score (nSPS) is 13.5. The first-order valence-corrected chi connectivity index (χ1v) is 6.47. The van der Waals surface area contributed by atoms with E-state index in [-0.39, 0.29) is 10.9 Å². The van der Waals surface area contributed by atoms with Crippen molar-refractivity contribution in [3.05, 3.63) is 24.3 Å². The van der Waals surface area contributed by atoms with Crippen molar-refractivity contribution in [2.75, 3.05) is 12.9 Å². The van der Waals surface area contributed by atoms with Gasteiger partial charge in [0.25, 0.3) is 0 Å². The molecule has 0 aliphatic heterocycles. The molecule has 1 aromatic rings. The highest BCUT2D eigenvalue weighted by Gasteiger charge is 2.06. The van der Waals surface area contributed by atoms with Crippen LogP contribution in [0.1, 0.15) is 6.92 Å². The molecule has 84 valence electrons. The van der Waals surface area contributed by atoms with Gasteiger partial charge in [-0.05, 0) is 31.2 Å². The molecule has 0 aliphatic rings. The zero-order valence-electron chi connectivity index (χ0n) is 8.80. The topological polar surface area (TPSA) is 69.4 Å². The Kier molecular flexibility index (Phi) is 3.71. The maximum absolute atomic E-state index is 11.1. The highest BCUT2D eigenvalue weighted by Crippen LogP contribution is 2.15. The van der Waals surface area contributed by atoms with Crippen LogP contribution in [0.5, 0.6) is 5.75 Å². The van der Waals surface area contributed by atoms with Crippen LogP contribution in [-0.2, 0) is 9.84 Å². The van der Waals surface area contributed by atoms with Crippen LogP contribution >= 0.6 is 0 Å². The Bertz CT molecular complexity index is 409. The monoisotopic (exact) mass is 229 g/mol. The Hall–Kier alpha value is -1.07. The minimum atomic E-state index is -3.13. The number of rotatable bonds is 4. The lowest BCUT2D eigenvalue weighted by Gasteiger charge is -2.08. The molecule has 0 saturated carbocycles. The zero-order chi connectivity index (χ0) is 11.5. The first-order chi connectivity index (χ1) is 6.89. The van der Waals surface area contributed by atoms with E-state index >= 15 is 0 Å². The van der Waals surface area contributed by atoms with Crippen LogP contribution in [0, 0.1) is 0 Å². The number of sulfone groups is 1. The van der Waals surface area contributed by atoms with Crippen molar-refractivity contribution in [1.82, 2.24) is 0 Å². The summed E-state index contributed by atoms with van der Waals surface area (Å²) in [5, 5.41) is 0. The van der Waals surface area contributed by atoms with Crippen LogP contribution in [0.15, 0.2) is 29.2 Å². The summed E-state index contributed by atoms with van der Waals surface area (Å²) >= 11 is 0. The molecule has 0 aromatic heterocycles. The quantitative estimate of drug-likeness (QED) is 0.829. The van der Waals surface area contributed by atoms with E-state index in [0.717, 1.165) is 0 Å². The minimum absolute atomic E-state index is 0.0421. The van der Waals surface area contributed by atoms with E-state index in [1.165, 1.54) is 18.4 Å². The Morgan fingerprint density at radius 2 is 1.87 bits per heavy atom. The molecule has 0 amide bonds. The Morgan fingerprint density at radius 1 is 1.33 bits per heavy atom. The fraction of sp³-hybridized carbons (Fsp3) is 0.400. The van der Waals surface area contributed by atoms with E-state index < -0.39 is 9.84 Å². The van der Waals surface area contributed by atoms with Gasteiger partial charge in [0.2, 0.25) is 0 Å². The van der Waals surface area contributed by atoms with Crippen LogP contribution in [0.4, 0.5) is 0 Å². The molecular weight excluding hydrogens is 214 g/mol. The second-order valence-electron chi connectivity index (χ2n) is 3.53. The maximum atomic E-state index is 11.1. The van der Waals surface area contributed by atoms with Crippen LogP contribution < -0.4 is 10.5 Å². The van der Waals surface area contributed by atoms with Gasteiger partial charge in [0.05, 0.1) is 4.90 Å². The van der Waals surface area contributed by atoms with Gasteiger partial charge < -0.3 is 10.5 Å². The van der Waals surface area contributed by atoms with Gasteiger partial charge in [-0.1, -0.05) is 0 Å². The van der Waals surface area contributed by atoms with E-state index in [2.05, 4.69) is 0 Å². The lowest BCUT2D eigenvalue weighted by atomic mass is 10.3. The van der Waals surface area contributed by atoms with Gasteiger partial charge in [0, 0.05) is 12.3 Å². The second kappa shape index (κ2) is 4.63. The predicted molar refractivity (Wildman–Crippen MR) is 58.7 cm³/mol. The Balaban J connectivity index is 2.73. The van der Waals surface area contributed by atoms with E-state index in [1.54, 1.807) is 12.1 Å². The van der Waals surface area contributed by atoms with Crippen LogP contribution in [-0.4, -0.2) is 27.3 Å². The highest BCUT2D eigenvalue weighted by atomic mass is 32.2. The fourth-order valence-corrected chi connectivity index (χ4v) is 1.64. The summed E-state index contributed by atoms with van der Waals surface area (Å²) in [5.41, 5.74) is 5.52. The summed E-state index contributed by atoms with van der Waals surface area (Å²) in [5.74, 6) is 0.625. The summed E-state index contributed by atoms with van der Waals surface area (Å²) in [6.45, 7) is 2.25. The summed E-state index contributed by atoms with van der Waals surface area (Å²) in [6, 6.07) is 6.24. The number of hydrogen-bond acceptors (Lipinski definition) is 4. The van der Waals surface area contributed by atoms with Gasteiger partial charge in [-0.2, -0.15) is 0 Å². The molecule has 1 aromatic carbocycles. The minimum Gasteiger partial charge on any atom is -0.492 e. The molecule has 2 N–H and O–H groups in total. The third-order valence-electron chi connectivity index (χ3n) is 1.76. The van der Waals surface area contributed by atoms with Crippen molar-refractivity contribution in [3.8, 4) is 5.75 Å². The zero-order valence-corrected chi connectivity index (χ0v) is 9.62. The first kappa shape index (κ1) is 12.0. The average Bonchev–Trinajstić information content (AvgIpc) is 2.14. The molecule has 4 nitrogen and oxygen atoms in total. The summed E-state index contributed by atoms with van der Waals surface area (Å²) in [7, 11) is -3.13. The van der Waals surface area contributed by atoms with Crippen molar-refractivity contribution in [3.63, 3.8) is 0 Å². The van der Waals surface area contributed by atoms with Crippen molar-refractivity contribution < 1.29 is 13.2 Å². The maximum Gasteiger partial charge on any atom is 0.175 e. The standard InChI is InChI=1S/C10H15NO3S/c1-8(11)7-14-9-3-5-10(6-4-9)15(2,12)13/h3-6,8H,7,11H2,1-2H3. The van der Waals surface area contributed by atoms with Crippen LogP contribution in [0.25, 0.3) is 0 Å². The Morgan fingerprint density at radius 3 is 2.27 bits per heavy atom. The van der Waals surface area contributed by atoms with Crippen LogP contribution in [0.3, 0.4) is 0 Å². The fourth-order valence-electron chi connectivity index (χ4n) is 1.01.